The molecule has 5 heteroatoms. The van der Waals surface area contributed by atoms with Gasteiger partial charge in [0.1, 0.15) is 18.3 Å². The molecule has 0 heterocycles. The monoisotopic (exact) mass is 250 g/mol. The standard InChI is InChI=1S/2C6H6O2.CH2O/c7-5-2-1-3-6(8)4-5;7-5-3-1-2-4-6(5)8;1-2/h2*1-4,7-8H;1H2. The molecule has 0 saturated carbocycles. The Bertz CT molecular complexity index is 432. The van der Waals surface area contributed by atoms with E-state index in [2.05, 4.69) is 0 Å². The van der Waals surface area contributed by atoms with Gasteiger partial charge in [-0.3, -0.25) is 0 Å². The molecule has 0 fully saturated rings. The molecule has 5 nitrogen and oxygen atoms in total. The molecule has 0 spiro atoms. The van der Waals surface area contributed by atoms with Crippen LogP contribution in [-0.2, 0) is 4.79 Å². The van der Waals surface area contributed by atoms with Gasteiger partial charge in [-0.1, -0.05) is 18.2 Å². The summed E-state index contributed by atoms with van der Waals surface area (Å²) in [5.74, 6) is 0.0231. The normalized spacial score (nSPS) is 8.22. The van der Waals surface area contributed by atoms with E-state index in [1.807, 2.05) is 6.79 Å². The summed E-state index contributed by atoms with van der Waals surface area (Å²) < 4.78 is 0. The highest BCUT2D eigenvalue weighted by atomic mass is 16.3. The molecule has 0 unspecified atom stereocenters. The maximum absolute atomic E-state index is 8.67. The summed E-state index contributed by atoms with van der Waals surface area (Å²) in [6, 6.07) is 12.0. The maximum Gasteiger partial charge on any atom is 0.157 e. The van der Waals surface area contributed by atoms with Crippen molar-refractivity contribution in [2.45, 2.75) is 0 Å². The van der Waals surface area contributed by atoms with Crippen LogP contribution in [0.4, 0.5) is 0 Å². The van der Waals surface area contributed by atoms with Crippen LogP contribution in [0.2, 0.25) is 0 Å². The first-order chi connectivity index (χ1) is 8.59. The van der Waals surface area contributed by atoms with Gasteiger partial charge in [0.25, 0.3) is 0 Å². The second-order valence-corrected chi connectivity index (χ2v) is 3.01. The van der Waals surface area contributed by atoms with E-state index in [0.717, 1.165) is 0 Å². The van der Waals surface area contributed by atoms with Crippen molar-refractivity contribution in [1.29, 1.82) is 0 Å². The summed E-state index contributed by atoms with van der Waals surface area (Å²) >= 11 is 0. The summed E-state index contributed by atoms with van der Waals surface area (Å²) in [4.78, 5) is 8.00. The van der Waals surface area contributed by atoms with Gasteiger partial charge in [0, 0.05) is 6.07 Å². The Morgan fingerprint density at radius 1 is 0.667 bits per heavy atom. The Labute approximate surface area is 104 Å². The summed E-state index contributed by atoms with van der Waals surface area (Å²) in [6.45, 7) is 2.00. The number of aromatic hydroxyl groups is 4. The van der Waals surface area contributed by atoms with Gasteiger partial charge in [0.2, 0.25) is 0 Å². The van der Waals surface area contributed by atoms with E-state index >= 15 is 0 Å². The fourth-order valence-electron chi connectivity index (χ4n) is 0.957. The van der Waals surface area contributed by atoms with Crippen LogP contribution in [0.25, 0.3) is 0 Å². The first kappa shape index (κ1) is 15.3. The zero-order valence-corrected chi connectivity index (χ0v) is 9.52. The molecule has 96 valence electrons. The fourth-order valence-corrected chi connectivity index (χ4v) is 0.957. The van der Waals surface area contributed by atoms with E-state index in [0.29, 0.717) is 0 Å². The first-order valence-corrected chi connectivity index (χ1v) is 4.83. The minimum Gasteiger partial charge on any atom is -0.508 e. The molecule has 4 N–H and O–H groups in total. The van der Waals surface area contributed by atoms with E-state index < -0.39 is 0 Å². The predicted octanol–water partition coefficient (Wildman–Crippen LogP) is 2.01. The lowest BCUT2D eigenvalue weighted by atomic mass is 10.3. The Balaban J connectivity index is 0.000000283. The fraction of sp³-hybridized carbons (Fsp3) is 0. The molecule has 0 amide bonds. The van der Waals surface area contributed by atoms with E-state index in [1.165, 1.54) is 30.3 Å². The van der Waals surface area contributed by atoms with Gasteiger partial charge in [-0.05, 0) is 24.3 Å². The number of hydrogen-bond acceptors (Lipinski definition) is 5. The Kier molecular flexibility index (Phi) is 7.20. The van der Waals surface area contributed by atoms with E-state index in [9.17, 15) is 0 Å². The van der Waals surface area contributed by atoms with Crippen molar-refractivity contribution < 1.29 is 25.2 Å². The third-order valence-electron chi connectivity index (χ3n) is 1.71. The van der Waals surface area contributed by atoms with Crippen molar-refractivity contribution in [1.82, 2.24) is 0 Å². The summed E-state index contributed by atoms with van der Waals surface area (Å²) in [6.07, 6.45) is 0. The maximum atomic E-state index is 8.67. The molecule has 0 aliphatic heterocycles. The highest BCUT2D eigenvalue weighted by Crippen LogP contribution is 2.21. The Hall–Kier alpha value is -2.69. The number of phenols is 4. The van der Waals surface area contributed by atoms with E-state index in [4.69, 9.17) is 25.2 Å². The van der Waals surface area contributed by atoms with Crippen molar-refractivity contribution in [3.8, 4) is 23.0 Å². The first-order valence-electron chi connectivity index (χ1n) is 4.83. The molecule has 0 saturated heterocycles. The molecule has 2 aromatic rings. The van der Waals surface area contributed by atoms with Gasteiger partial charge in [0.05, 0.1) is 0 Å². The molecule has 2 aromatic carbocycles. The quantitative estimate of drug-likeness (QED) is 0.536. The number of hydrogen-bond donors (Lipinski definition) is 4. The van der Waals surface area contributed by atoms with Crippen LogP contribution >= 0.6 is 0 Å². The van der Waals surface area contributed by atoms with Crippen molar-refractivity contribution in [2.75, 3.05) is 0 Å². The third-order valence-corrected chi connectivity index (χ3v) is 1.71. The average Bonchev–Trinajstić information content (AvgIpc) is 2.36. The van der Waals surface area contributed by atoms with Crippen LogP contribution in [0.5, 0.6) is 23.0 Å². The Morgan fingerprint density at radius 2 is 1.06 bits per heavy atom. The number of para-hydroxylation sites is 2. The Morgan fingerprint density at radius 3 is 1.28 bits per heavy atom. The second-order valence-electron chi connectivity index (χ2n) is 3.01. The minimum atomic E-state index is -0.0764. The molecule has 18 heavy (non-hydrogen) atoms. The molecular weight excluding hydrogens is 236 g/mol. The predicted molar refractivity (Wildman–Crippen MR) is 66.7 cm³/mol. The molecule has 0 bridgehead atoms. The zero-order chi connectivity index (χ0) is 14.0. The summed E-state index contributed by atoms with van der Waals surface area (Å²) in [5, 5.41) is 34.6. The van der Waals surface area contributed by atoms with Gasteiger partial charge in [-0.2, -0.15) is 0 Å². The molecule has 0 aliphatic carbocycles. The van der Waals surface area contributed by atoms with Gasteiger partial charge < -0.3 is 25.2 Å². The van der Waals surface area contributed by atoms with Gasteiger partial charge in [-0.15, -0.1) is 0 Å². The van der Waals surface area contributed by atoms with Gasteiger partial charge >= 0.3 is 0 Å². The number of phenolic OH excluding ortho intramolecular Hbond substituents is 4. The van der Waals surface area contributed by atoms with Crippen molar-refractivity contribution in [2.24, 2.45) is 0 Å². The molecule has 0 atom stereocenters. The smallest absolute Gasteiger partial charge is 0.157 e. The highest BCUT2D eigenvalue weighted by molar-refractivity contribution is 5.36. The molecule has 0 radical (unpaired) electrons. The number of carbonyl (C=O) groups is 1. The lowest BCUT2D eigenvalue weighted by Gasteiger charge is -1.91. The molecule has 0 aromatic heterocycles. The van der Waals surface area contributed by atoms with Crippen molar-refractivity contribution in [3.05, 3.63) is 48.5 Å². The number of benzene rings is 2. The molecule has 0 aliphatic rings. The lowest BCUT2D eigenvalue weighted by molar-refractivity contribution is -0.0979. The summed E-state index contributed by atoms with van der Waals surface area (Å²) in [7, 11) is 0. The largest absolute Gasteiger partial charge is 0.508 e. The average molecular weight is 250 g/mol. The second kappa shape index (κ2) is 8.46. The van der Waals surface area contributed by atoms with Crippen molar-refractivity contribution in [3.63, 3.8) is 0 Å². The van der Waals surface area contributed by atoms with Crippen LogP contribution in [0.3, 0.4) is 0 Å². The van der Waals surface area contributed by atoms with Gasteiger partial charge in [-0.25, -0.2) is 0 Å². The van der Waals surface area contributed by atoms with Crippen LogP contribution in [0.15, 0.2) is 48.5 Å². The van der Waals surface area contributed by atoms with E-state index in [-0.39, 0.29) is 23.0 Å². The zero-order valence-electron chi connectivity index (χ0n) is 9.52. The van der Waals surface area contributed by atoms with Crippen LogP contribution < -0.4 is 0 Å². The molecule has 2 rings (SSSR count). The minimum absolute atomic E-state index is 0.0764. The van der Waals surface area contributed by atoms with Crippen LogP contribution in [-0.4, -0.2) is 27.2 Å². The summed E-state index contributed by atoms with van der Waals surface area (Å²) in [5.41, 5.74) is 0. The van der Waals surface area contributed by atoms with Crippen LogP contribution in [0, 0.1) is 0 Å². The number of carbonyl (C=O) groups excluding carboxylic acids is 1. The van der Waals surface area contributed by atoms with Gasteiger partial charge in [0.15, 0.2) is 11.5 Å². The molecular formula is C13H14O5. The van der Waals surface area contributed by atoms with Crippen LogP contribution in [0.1, 0.15) is 0 Å². The lowest BCUT2D eigenvalue weighted by Crippen LogP contribution is -1.63. The topological polar surface area (TPSA) is 98.0 Å². The van der Waals surface area contributed by atoms with Crippen molar-refractivity contribution >= 4 is 6.79 Å². The number of rotatable bonds is 0. The third kappa shape index (κ3) is 6.02. The van der Waals surface area contributed by atoms with E-state index in [1.54, 1.807) is 18.2 Å². The highest BCUT2D eigenvalue weighted by Gasteiger charge is 1.90. The SMILES string of the molecule is C=O.Oc1cccc(O)c1.Oc1ccccc1O.